The Morgan fingerprint density at radius 3 is 2.10 bits per heavy atom. The van der Waals surface area contributed by atoms with E-state index in [0.717, 1.165) is 18.4 Å². The lowest BCUT2D eigenvalue weighted by molar-refractivity contribution is -0.141. The third-order valence-corrected chi connectivity index (χ3v) is 4.65. The fourth-order valence-electron chi connectivity index (χ4n) is 2.37. The Kier molecular flexibility index (Phi) is 16.4. The topological polar surface area (TPSA) is 98.9 Å². The standard InChI is InChI=1S/C19H34O3.C5H11NO2/c1-15(2)22-18(20)14-17(4)11-8-10-16(3)12-9-13-19(5,6)21-7;1-3(2)4(6)5(7)8/h8,11,14-16H,9-10,12-13H2,1-7H3;3-4H,6H2,1-2H3,(H,7,8)/b11-8+,17-14+;/t;4-/m.0/s1. The highest BCUT2D eigenvalue weighted by atomic mass is 16.5. The molecule has 0 saturated heterocycles. The molecule has 6 heteroatoms. The average molecular weight is 428 g/mol. The molecule has 0 amide bonds. The molecule has 0 aromatic carbocycles. The fraction of sp³-hybridized carbons (Fsp3) is 0.750. The first kappa shape index (κ1) is 30.5. The van der Waals surface area contributed by atoms with Crippen molar-refractivity contribution in [2.24, 2.45) is 17.6 Å². The quantitative estimate of drug-likeness (QED) is 0.255. The first-order valence-electron chi connectivity index (χ1n) is 10.8. The van der Waals surface area contributed by atoms with E-state index in [1.165, 1.54) is 12.8 Å². The van der Waals surface area contributed by atoms with Crippen molar-refractivity contribution >= 4 is 11.9 Å². The summed E-state index contributed by atoms with van der Waals surface area (Å²) in [5.41, 5.74) is 6.07. The number of aliphatic carboxylic acids is 1. The highest BCUT2D eigenvalue weighted by molar-refractivity contribution is 5.83. The molecule has 30 heavy (non-hydrogen) atoms. The zero-order chi connectivity index (χ0) is 23.9. The minimum absolute atomic E-state index is 0.0208. The van der Waals surface area contributed by atoms with Crippen molar-refractivity contribution in [3.8, 4) is 0 Å². The number of methoxy groups -OCH3 is 1. The molecule has 6 nitrogen and oxygen atoms in total. The van der Waals surface area contributed by atoms with Gasteiger partial charge in [0.2, 0.25) is 0 Å². The minimum atomic E-state index is -0.931. The number of esters is 1. The summed E-state index contributed by atoms with van der Waals surface area (Å²) in [4.78, 5) is 21.5. The van der Waals surface area contributed by atoms with Gasteiger partial charge in [0.25, 0.3) is 0 Å². The molecule has 0 saturated carbocycles. The van der Waals surface area contributed by atoms with Crippen LogP contribution in [0.2, 0.25) is 0 Å². The fourth-order valence-corrected chi connectivity index (χ4v) is 2.37. The molecule has 0 aliphatic carbocycles. The van der Waals surface area contributed by atoms with Gasteiger partial charge in [0.15, 0.2) is 0 Å². The van der Waals surface area contributed by atoms with Gasteiger partial charge in [0, 0.05) is 13.2 Å². The SMILES string of the molecule is CC(C)[C@H](N)C(=O)O.COC(C)(C)CCCC(C)C/C=C/C(C)=C/C(=O)OC(C)C. The second kappa shape index (κ2) is 16.1. The van der Waals surface area contributed by atoms with E-state index in [1.54, 1.807) is 27.0 Å². The Morgan fingerprint density at radius 1 is 1.13 bits per heavy atom. The van der Waals surface area contributed by atoms with Gasteiger partial charge in [-0.05, 0) is 64.9 Å². The average Bonchev–Trinajstić information content (AvgIpc) is 2.60. The van der Waals surface area contributed by atoms with Crippen LogP contribution in [0.3, 0.4) is 0 Å². The van der Waals surface area contributed by atoms with Crippen LogP contribution in [0.5, 0.6) is 0 Å². The first-order valence-corrected chi connectivity index (χ1v) is 10.8. The van der Waals surface area contributed by atoms with Crippen molar-refractivity contribution < 1.29 is 24.2 Å². The second-order valence-corrected chi connectivity index (χ2v) is 9.08. The molecule has 0 fully saturated rings. The molecule has 0 bridgehead atoms. The molecule has 0 aromatic heterocycles. The van der Waals surface area contributed by atoms with Gasteiger partial charge < -0.3 is 20.3 Å². The Balaban J connectivity index is 0. The number of carboxylic acids is 1. The Labute approximate surface area is 183 Å². The van der Waals surface area contributed by atoms with E-state index in [1.807, 2.05) is 26.8 Å². The summed E-state index contributed by atoms with van der Waals surface area (Å²) in [6.07, 6.45) is 10.1. The molecule has 176 valence electrons. The lowest BCUT2D eigenvalue weighted by Crippen LogP contribution is -2.34. The molecular weight excluding hydrogens is 382 g/mol. The normalized spacial score (nSPS) is 14.5. The maximum absolute atomic E-state index is 11.5. The molecule has 0 aromatic rings. The molecule has 0 aliphatic rings. The van der Waals surface area contributed by atoms with Gasteiger partial charge in [-0.15, -0.1) is 0 Å². The summed E-state index contributed by atoms with van der Waals surface area (Å²) in [5, 5.41) is 8.23. The summed E-state index contributed by atoms with van der Waals surface area (Å²) >= 11 is 0. The number of carboxylic acid groups (broad SMARTS) is 1. The number of rotatable bonds is 12. The zero-order valence-corrected chi connectivity index (χ0v) is 20.5. The summed E-state index contributed by atoms with van der Waals surface area (Å²) in [6, 6.07) is -0.713. The van der Waals surface area contributed by atoms with Gasteiger partial charge in [-0.25, -0.2) is 4.79 Å². The van der Waals surface area contributed by atoms with Crippen molar-refractivity contribution in [3.05, 3.63) is 23.8 Å². The number of hydrogen-bond donors (Lipinski definition) is 2. The summed E-state index contributed by atoms with van der Waals surface area (Å²) in [7, 11) is 1.77. The van der Waals surface area contributed by atoms with Crippen LogP contribution in [0, 0.1) is 11.8 Å². The summed E-state index contributed by atoms with van der Waals surface area (Å²) in [6.45, 7) is 15.7. The van der Waals surface area contributed by atoms with Crippen LogP contribution in [0.4, 0.5) is 0 Å². The van der Waals surface area contributed by atoms with Crippen LogP contribution < -0.4 is 5.73 Å². The maximum atomic E-state index is 11.5. The Morgan fingerprint density at radius 2 is 1.70 bits per heavy atom. The largest absolute Gasteiger partial charge is 0.480 e. The zero-order valence-electron chi connectivity index (χ0n) is 20.5. The molecule has 2 atom stereocenters. The predicted molar refractivity (Wildman–Crippen MR) is 123 cm³/mol. The number of carbonyl (C=O) groups is 2. The van der Waals surface area contributed by atoms with Gasteiger partial charge in [0.1, 0.15) is 6.04 Å². The van der Waals surface area contributed by atoms with Crippen LogP contribution in [0.15, 0.2) is 23.8 Å². The van der Waals surface area contributed by atoms with E-state index in [9.17, 15) is 9.59 Å². The van der Waals surface area contributed by atoms with Crippen molar-refractivity contribution in [2.45, 2.75) is 98.8 Å². The third kappa shape index (κ3) is 18.4. The van der Waals surface area contributed by atoms with Crippen LogP contribution in [0.25, 0.3) is 0 Å². The summed E-state index contributed by atoms with van der Waals surface area (Å²) < 4.78 is 10.5. The highest BCUT2D eigenvalue weighted by Crippen LogP contribution is 2.20. The van der Waals surface area contributed by atoms with Crippen molar-refractivity contribution in [3.63, 3.8) is 0 Å². The molecule has 0 radical (unpaired) electrons. The van der Waals surface area contributed by atoms with Crippen LogP contribution in [-0.4, -0.2) is 41.9 Å². The van der Waals surface area contributed by atoms with E-state index in [0.29, 0.717) is 5.92 Å². The molecular formula is C24H45NO5. The van der Waals surface area contributed by atoms with E-state index in [4.69, 9.17) is 20.3 Å². The number of allylic oxidation sites excluding steroid dienone is 3. The Bertz CT molecular complexity index is 550. The molecule has 3 N–H and O–H groups in total. The molecule has 1 unspecified atom stereocenters. The molecule has 0 aliphatic heterocycles. The van der Waals surface area contributed by atoms with Crippen LogP contribution in [0.1, 0.15) is 81.1 Å². The number of ether oxygens (including phenoxy) is 2. The van der Waals surface area contributed by atoms with Crippen LogP contribution >= 0.6 is 0 Å². The van der Waals surface area contributed by atoms with Crippen molar-refractivity contribution in [2.75, 3.05) is 7.11 Å². The minimum Gasteiger partial charge on any atom is -0.480 e. The van der Waals surface area contributed by atoms with Crippen LogP contribution in [-0.2, 0) is 19.1 Å². The number of nitrogens with two attached hydrogens (primary N) is 1. The predicted octanol–water partition coefficient (Wildman–Crippen LogP) is 5.12. The van der Waals surface area contributed by atoms with E-state index >= 15 is 0 Å². The van der Waals surface area contributed by atoms with E-state index in [2.05, 4.69) is 26.8 Å². The monoisotopic (exact) mass is 427 g/mol. The van der Waals surface area contributed by atoms with Gasteiger partial charge >= 0.3 is 11.9 Å². The number of hydrogen-bond acceptors (Lipinski definition) is 5. The van der Waals surface area contributed by atoms with Gasteiger partial charge in [-0.2, -0.15) is 0 Å². The second-order valence-electron chi connectivity index (χ2n) is 9.08. The maximum Gasteiger partial charge on any atom is 0.331 e. The van der Waals surface area contributed by atoms with E-state index < -0.39 is 12.0 Å². The molecule has 0 heterocycles. The Hall–Kier alpha value is -1.66. The van der Waals surface area contributed by atoms with E-state index in [-0.39, 0.29) is 23.6 Å². The van der Waals surface area contributed by atoms with Crippen molar-refractivity contribution in [1.29, 1.82) is 0 Å². The van der Waals surface area contributed by atoms with Crippen molar-refractivity contribution in [1.82, 2.24) is 0 Å². The molecule has 0 rings (SSSR count). The van der Waals surface area contributed by atoms with Gasteiger partial charge in [-0.3, -0.25) is 4.79 Å². The lowest BCUT2D eigenvalue weighted by atomic mass is 9.95. The van der Waals surface area contributed by atoms with Gasteiger partial charge in [0.05, 0.1) is 11.7 Å². The summed E-state index contributed by atoms with van der Waals surface area (Å²) in [5.74, 6) is -0.543. The first-order chi connectivity index (χ1) is 13.7. The third-order valence-electron chi connectivity index (χ3n) is 4.65. The molecule has 0 spiro atoms. The number of carbonyl (C=O) groups excluding carboxylic acids is 1. The lowest BCUT2D eigenvalue weighted by Gasteiger charge is -2.23. The smallest absolute Gasteiger partial charge is 0.331 e. The van der Waals surface area contributed by atoms with Gasteiger partial charge in [-0.1, -0.05) is 45.8 Å². The highest BCUT2D eigenvalue weighted by Gasteiger charge is 2.16.